The van der Waals surface area contributed by atoms with E-state index in [4.69, 9.17) is 9.47 Å². The number of aryl methyl sites for hydroxylation is 1. The number of carbonyl (C=O) groups is 3. The van der Waals surface area contributed by atoms with Gasteiger partial charge in [-0.1, -0.05) is 64.0 Å². The van der Waals surface area contributed by atoms with Crippen molar-refractivity contribution in [1.29, 1.82) is 0 Å². The van der Waals surface area contributed by atoms with Crippen molar-refractivity contribution in [3.05, 3.63) is 93.6 Å². The number of benzene rings is 3. The van der Waals surface area contributed by atoms with Gasteiger partial charge in [-0.15, -0.1) is 0 Å². The molecule has 4 rings (SSSR count). The Balaban J connectivity index is 1.48. The third-order valence-electron chi connectivity index (χ3n) is 5.50. The molecular weight excluding hydrogens is 538 g/mol. The average molecular weight is 564 g/mol. The predicted molar refractivity (Wildman–Crippen MR) is 144 cm³/mol. The van der Waals surface area contributed by atoms with Crippen LogP contribution >= 0.6 is 15.9 Å². The fraction of sp³-hybridized carbons (Fsp3) is 0.179. The molecule has 0 spiro atoms. The fourth-order valence-corrected chi connectivity index (χ4v) is 4.07. The van der Waals surface area contributed by atoms with Gasteiger partial charge in [0.1, 0.15) is 18.8 Å². The highest BCUT2D eigenvalue weighted by Gasteiger charge is 2.35. The number of imide groups is 1. The largest absolute Gasteiger partial charge is 0.490 e. The molecular formula is C28H26BrN3O5. The van der Waals surface area contributed by atoms with Crippen LogP contribution in [0.3, 0.4) is 0 Å². The summed E-state index contributed by atoms with van der Waals surface area (Å²) in [7, 11) is 0. The van der Waals surface area contributed by atoms with E-state index >= 15 is 0 Å². The number of nitrogens with one attached hydrogen (secondary N) is 2. The maximum Gasteiger partial charge on any atom is 0.329 e. The highest BCUT2D eigenvalue weighted by Crippen LogP contribution is 2.35. The zero-order chi connectivity index (χ0) is 26.4. The van der Waals surface area contributed by atoms with Gasteiger partial charge in [0.25, 0.3) is 5.91 Å². The third kappa shape index (κ3) is 6.56. The normalized spacial score (nSPS) is 14.0. The number of halogens is 1. The summed E-state index contributed by atoms with van der Waals surface area (Å²) in [6.07, 6.45) is 1.53. The van der Waals surface area contributed by atoms with Crippen molar-refractivity contribution in [3.8, 4) is 11.5 Å². The van der Waals surface area contributed by atoms with Gasteiger partial charge < -0.3 is 20.1 Å². The second-order valence-electron chi connectivity index (χ2n) is 8.32. The lowest BCUT2D eigenvalue weighted by Crippen LogP contribution is -2.38. The van der Waals surface area contributed by atoms with Crippen LogP contribution in [0.2, 0.25) is 0 Å². The van der Waals surface area contributed by atoms with Gasteiger partial charge >= 0.3 is 6.03 Å². The number of hydrogen-bond acceptors (Lipinski definition) is 5. The lowest BCUT2D eigenvalue weighted by atomic mass is 10.1. The highest BCUT2D eigenvalue weighted by molar-refractivity contribution is 9.10. The molecule has 2 N–H and O–H groups in total. The van der Waals surface area contributed by atoms with E-state index in [0.717, 1.165) is 16.0 Å². The van der Waals surface area contributed by atoms with Gasteiger partial charge in [-0.25, -0.2) is 9.69 Å². The molecule has 37 heavy (non-hydrogen) atoms. The molecule has 9 heteroatoms. The standard InChI is InChI=1S/C28H26BrN3O5/c1-3-36-24-14-20(22(29)15-25(24)37-17-19-7-5-4-6-8-19)13-23-27(34)32(28(35)31-23)16-26(33)30-21-11-9-18(2)10-12-21/h4-15H,3,16-17H2,1-2H3,(H,30,33)(H,31,35)/b23-13+. The number of amides is 4. The first kappa shape index (κ1) is 26.0. The molecule has 0 saturated carbocycles. The number of urea groups is 1. The van der Waals surface area contributed by atoms with Crippen LogP contribution in [-0.4, -0.2) is 35.9 Å². The molecule has 8 nitrogen and oxygen atoms in total. The lowest BCUT2D eigenvalue weighted by Gasteiger charge is -2.14. The van der Waals surface area contributed by atoms with Crippen molar-refractivity contribution in [2.75, 3.05) is 18.5 Å². The summed E-state index contributed by atoms with van der Waals surface area (Å²) >= 11 is 3.52. The van der Waals surface area contributed by atoms with E-state index in [-0.39, 0.29) is 5.70 Å². The van der Waals surface area contributed by atoms with Gasteiger partial charge in [0.15, 0.2) is 11.5 Å². The van der Waals surface area contributed by atoms with Crippen molar-refractivity contribution in [1.82, 2.24) is 10.2 Å². The van der Waals surface area contributed by atoms with Crippen LogP contribution in [0.25, 0.3) is 6.08 Å². The topological polar surface area (TPSA) is 97.0 Å². The molecule has 190 valence electrons. The summed E-state index contributed by atoms with van der Waals surface area (Å²) in [5.74, 6) is -0.0397. The Morgan fingerprint density at radius 2 is 1.73 bits per heavy atom. The Bertz CT molecular complexity index is 1340. The minimum Gasteiger partial charge on any atom is -0.490 e. The van der Waals surface area contributed by atoms with Crippen LogP contribution in [0.1, 0.15) is 23.6 Å². The van der Waals surface area contributed by atoms with Crippen LogP contribution in [0.15, 0.2) is 76.9 Å². The Morgan fingerprint density at radius 1 is 1.03 bits per heavy atom. The summed E-state index contributed by atoms with van der Waals surface area (Å²) in [5, 5.41) is 5.24. The number of carbonyl (C=O) groups excluding carboxylic acids is 3. The molecule has 0 unspecified atom stereocenters. The number of anilines is 1. The molecule has 1 aliphatic rings. The summed E-state index contributed by atoms with van der Waals surface area (Å²) < 4.78 is 12.4. The monoisotopic (exact) mass is 563 g/mol. The Hall–Kier alpha value is -4.11. The van der Waals surface area contributed by atoms with Crippen molar-refractivity contribution in [2.24, 2.45) is 0 Å². The molecule has 0 aliphatic carbocycles. The van der Waals surface area contributed by atoms with E-state index in [1.165, 1.54) is 6.08 Å². The van der Waals surface area contributed by atoms with Gasteiger partial charge in [-0.2, -0.15) is 0 Å². The summed E-state index contributed by atoms with van der Waals surface area (Å²) in [6.45, 7) is 4.17. The second-order valence-corrected chi connectivity index (χ2v) is 9.18. The van der Waals surface area contributed by atoms with Crippen LogP contribution < -0.4 is 20.1 Å². The first-order chi connectivity index (χ1) is 17.8. The van der Waals surface area contributed by atoms with E-state index in [2.05, 4.69) is 26.6 Å². The molecule has 0 atom stereocenters. The molecule has 3 aromatic rings. The first-order valence-electron chi connectivity index (χ1n) is 11.7. The predicted octanol–water partition coefficient (Wildman–Crippen LogP) is 5.27. The molecule has 0 bridgehead atoms. The molecule has 0 aromatic heterocycles. The first-order valence-corrected chi connectivity index (χ1v) is 12.5. The van der Waals surface area contributed by atoms with Crippen LogP contribution in [0.5, 0.6) is 11.5 Å². The van der Waals surface area contributed by atoms with Crippen LogP contribution in [0.4, 0.5) is 10.5 Å². The van der Waals surface area contributed by atoms with E-state index in [1.54, 1.807) is 24.3 Å². The molecule has 4 amide bonds. The van der Waals surface area contributed by atoms with Gasteiger partial charge in [0.2, 0.25) is 5.91 Å². The van der Waals surface area contributed by atoms with Crippen molar-refractivity contribution in [2.45, 2.75) is 20.5 Å². The quantitative estimate of drug-likeness (QED) is 0.273. The highest BCUT2D eigenvalue weighted by atomic mass is 79.9. The van der Waals surface area contributed by atoms with Crippen molar-refractivity contribution >= 4 is 45.5 Å². The van der Waals surface area contributed by atoms with Crippen LogP contribution in [0, 0.1) is 6.92 Å². The van der Waals surface area contributed by atoms with Crippen molar-refractivity contribution in [3.63, 3.8) is 0 Å². The maximum atomic E-state index is 12.9. The molecule has 1 saturated heterocycles. The van der Waals surface area contributed by atoms with Gasteiger partial charge in [0, 0.05) is 10.2 Å². The maximum absolute atomic E-state index is 12.9. The fourth-order valence-electron chi connectivity index (χ4n) is 3.63. The zero-order valence-electron chi connectivity index (χ0n) is 20.4. The van der Waals surface area contributed by atoms with Gasteiger partial charge in [-0.05, 0) is 55.3 Å². The van der Waals surface area contributed by atoms with E-state index in [9.17, 15) is 14.4 Å². The number of ether oxygens (including phenoxy) is 2. The number of rotatable bonds is 9. The van der Waals surface area contributed by atoms with E-state index < -0.39 is 24.4 Å². The minimum atomic E-state index is -0.667. The third-order valence-corrected chi connectivity index (χ3v) is 6.19. The van der Waals surface area contributed by atoms with E-state index in [0.29, 0.717) is 40.4 Å². The Labute approximate surface area is 223 Å². The number of nitrogens with zero attached hydrogens (tertiary/aromatic N) is 1. The molecule has 1 fully saturated rings. The average Bonchev–Trinajstić information content (AvgIpc) is 3.14. The Morgan fingerprint density at radius 3 is 2.43 bits per heavy atom. The minimum absolute atomic E-state index is 0.0502. The molecule has 0 radical (unpaired) electrons. The van der Waals surface area contributed by atoms with Crippen molar-refractivity contribution < 1.29 is 23.9 Å². The lowest BCUT2D eigenvalue weighted by molar-refractivity contribution is -0.127. The van der Waals surface area contributed by atoms with Crippen LogP contribution in [-0.2, 0) is 16.2 Å². The zero-order valence-corrected chi connectivity index (χ0v) is 22.0. The molecule has 1 aliphatic heterocycles. The summed E-state index contributed by atoms with van der Waals surface area (Å²) in [4.78, 5) is 38.7. The second kappa shape index (κ2) is 11.7. The smallest absolute Gasteiger partial charge is 0.329 e. The van der Waals surface area contributed by atoms with Gasteiger partial charge in [0.05, 0.1) is 6.61 Å². The summed E-state index contributed by atoms with van der Waals surface area (Å²) in [5.41, 5.74) is 3.30. The number of hydrogen-bond donors (Lipinski definition) is 2. The summed E-state index contributed by atoms with van der Waals surface area (Å²) in [6, 6.07) is 19.8. The molecule has 3 aromatic carbocycles. The van der Waals surface area contributed by atoms with E-state index in [1.807, 2.05) is 56.3 Å². The Kier molecular flexibility index (Phi) is 8.25. The molecule has 1 heterocycles. The van der Waals surface area contributed by atoms with Gasteiger partial charge in [-0.3, -0.25) is 9.59 Å². The SMILES string of the molecule is CCOc1cc(/C=C2/NC(=O)N(CC(=O)Nc3ccc(C)cc3)C2=O)c(Br)cc1OCc1ccccc1.